The van der Waals surface area contributed by atoms with Gasteiger partial charge in [-0.1, -0.05) is 30.3 Å². The molecule has 2 aromatic carbocycles. The summed E-state index contributed by atoms with van der Waals surface area (Å²) in [5.41, 5.74) is 1.46. The lowest BCUT2D eigenvalue weighted by Crippen LogP contribution is -2.36. The van der Waals surface area contributed by atoms with Crippen LogP contribution in [-0.2, 0) is 11.0 Å². The second-order valence-corrected chi connectivity index (χ2v) is 9.44. The quantitative estimate of drug-likeness (QED) is 0.296. The lowest BCUT2D eigenvalue weighted by atomic mass is 9.82. The van der Waals surface area contributed by atoms with E-state index in [4.69, 9.17) is 4.98 Å². The average Bonchev–Trinajstić information content (AvgIpc) is 3.28. The number of carbonyl (C=O) groups is 1. The number of nitrogens with zero attached hydrogens (tertiary/aromatic N) is 3. The second-order valence-electron chi connectivity index (χ2n) is 9.44. The maximum atomic E-state index is 13.9. The van der Waals surface area contributed by atoms with Crippen molar-refractivity contribution < 1.29 is 18.0 Å². The maximum absolute atomic E-state index is 13.9. The first-order valence-corrected chi connectivity index (χ1v) is 12.2. The van der Waals surface area contributed by atoms with Crippen molar-refractivity contribution in [3.8, 4) is 11.4 Å². The standard InChI is InChI=1S/C27H27F3N6O/c1-15-23(17-11-13-18(14-12-17)31-16(2)37)32-25(19-7-3-5-9-21(19)27(28,29)30)33-24(15)34-26-20-8-4-6-10-22(20)35-36-26/h3-10,17-18H,11-14H2,1-2H3,(H,31,37)(H2,32,33,34,35,36). The second kappa shape index (κ2) is 9.84. The largest absolute Gasteiger partial charge is 0.417 e. The molecular formula is C27H27F3N6O. The minimum Gasteiger partial charge on any atom is -0.354 e. The highest BCUT2D eigenvalue weighted by Crippen LogP contribution is 2.40. The van der Waals surface area contributed by atoms with E-state index in [0.29, 0.717) is 17.3 Å². The lowest BCUT2D eigenvalue weighted by molar-refractivity contribution is -0.137. The van der Waals surface area contributed by atoms with E-state index in [-0.39, 0.29) is 29.3 Å². The van der Waals surface area contributed by atoms with Crippen LogP contribution in [0.5, 0.6) is 0 Å². The van der Waals surface area contributed by atoms with Crippen molar-refractivity contribution in [1.82, 2.24) is 25.5 Å². The number of nitrogens with one attached hydrogen (secondary N) is 3. The zero-order chi connectivity index (χ0) is 26.2. The van der Waals surface area contributed by atoms with Crippen LogP contribution in [0.25, 0.3) is 22.3 Å². The molecule has 1 amide bonds. The molecule has 5 rings (SSSR count). The Balaban J connectivity index is 1.58. The molecule has 192 valence electrons. The zero-order valence-electron chi connectivity index (χ0n) is 20.5. The third kappa shape index (κ3) is 5.14. The molecule has 3 N–H and O–H groups in total. The average molecular weight is 509 g/mol. The number of halogens is 3. The van der Waals surface area contributed by atoms with Gasteiger partial charge in [0.05, 0.1) is 16.8 Å². The first-order valence-electron chi connectivity index (χ1n) is 12.2. The first-order chi connectivity index (χ1) is 17.7. The molecule has 1 fully saturated rings. The van der Waals surface area contributed by atoms with Gasteiger partial charge in [0.1, 0.15) is 5.82 Å². The van der Waals surface area contributed by atoms with Crippen molar-refractivity contribution in [2.45, 2.75) is 57.7 Å². The highest BCUT2D eigenvalue weighted by Gasteiger charge is 2.35. The van der Waals surface area contributed by atoms with Crippen LogP contribution in [0.1, 0.15) is 55.3 Å². The molecule has 0 aliphatic heterocycles. The van der Waals surface area contributed by atoms with Gasteiger partial charge < -0.3 is 10.6 Å². The Morgan fingerprint density at radius 3 is 2.41 bits per heavy atom. The molecule has 1 aliphatic carbocycles. The Hall–Kier alpha value is -3.95. The van der Waals surface area contributed by atoms with E-state index in [0.717, 1.165) is 48.2 Å². The van der Waals surface area contributed by atoms with Gasteiger partial charge in [0.25, 0.3) is 0 Å². The summed E-state index contributed by atoms with van der Waals surface area (Å²) in [6.45, 7) is 3.38. The summed E-state index contributed by atoms with van der Waals surface area (Å²) in [5.74, 6) is 0.928. The molecule has 7 nitrogen and oxygen atoms in total. The number of alkyl halides is 3. The first kappa shape index (κ1) is 24.7. The van der Waals surface area contributed by atoms with Gasteiger partial charge in [0, 0.05) is 35.4 Å². The molecule has 10 heteroatoms. The summed E-state index contributed by atoms with van der Waals surface area (Å²) < 4.78 is 41.6. The van der Waals surface area contributed by atoms with Gasteiger partial charge in [-0.05, 0) is 50.8 Å². The summed E-state index contributed by atoms with van der Waals surface area (Å²) in [6, 6.07) is 13.0. The molecule has 1 aliphatic rings. The van der Waals surface area contributed by atoms with Crippen LogP contribution in [-0.4, -0.2) is 32.1 Å². The summed E-state index contributed by atoms with van der Waals surface area (Å²) in [4.78, 5) is 20.8. The Morgan fingerprint density at radius 1 is 0.973 bits per heavy atom. The molecule has 0 spiro atoms. The molecule has 37 heavy (non-hydrogen) atoms. The fourth-order valence-corrected chi connectivity index (χ4v) is 5.07. The number of fused-ring (bicyclic) bond motifs is 1. The third-order valence-electron chi connectivity index (χ3n) is 6.89. The fraction of sp³-hybridized carbons (Fsp3) is 0.333. The van der Waals surface area contributed by atoms with Gasteiger partial charge in [-0.15, -0.1) is 0 Å². The Bertz CT molecular complexity index is 1440. The number of benzene rings is 2. The number of amides is 1. The predicted octanol–water partition coefficient (Wildman–Crippen LogP) is 6.25. The number of anilines is 2. The van der Waals surface area contributed by atoms with E-state index < -0.39 is 11.7 Å². The summed E-state index contributed by atoms with van der Waals surface area (Å²) in [5, 5.41) is 14.4. The van der Waals surface area contributed by atoms with Gasteiger partial charge >= 0.3 is 6.18 Å². The number of rotatable bonds is 5. The van der Waals surface area contributed by atoms with Crippen LogP contribution in [0.4, 0.5) is 24.8 Å². The molecule has 0 atom stereocenters. The van der Waals surface area contributed by atoms with Gasteiger partial charge in [0.2, 0.25) is 5.91 Å². The number of para-hydroxylation sites is 1. The van der Waals surface area contributed by atoms with Crippen molar-refractivity contribution >= 4 is 28.4 Å². The van der Waals surface area contributed by atoms with Crippen molar-refractivity contribution in [2.75, 3.05) is 5.32 Å². The summed E-state index contributed by atoms with van der Waals surface area (Å²) >= 11 is 0. The van der Waals surface area contributed by atoms with Gasteiger partial charge in [-0.25, -0.2) is 9.97 Å². The molecule has 4 aromatic rings. The molecule has 0 unspecified atom stereocenters. The minimum atomic E-state index is -4.55. The highest BCUT2D eigenvalue weighted by atomic mass is 19.4. The van der Waals surface area contributed by atoms with E-state index in [1.807, 2.05) is 31.2 Å². The fourth-order valence-electron chi connectivity index (χ4n) is 5.07. The zero-order valence-corrected chi connectivity index (χ0v) is 20.5. The third-order valence-corrected chi connectivity index (χ3v) is 6.89. The van der Waals surface area contributed by atoms with Crippen molar-refractivity contribution in [3.63, 3.8) is 0 Å². The number of H-pyrrole nitrogens is 1. The van der Waals surface area contributed by atoms with Gasteiger partial charge in [-0.3, -0.25) is 9.89 Å². The van der Waals surface area contributed by atoms with E-state index >= 15 is 0 Å². The van der Waals surface area contributed by atoms with Crippen LogP contribution >= 0.6 is 0 Å². The summed E-state index contributed by atoms with van der Waals surface area (Å²) in [6.07, 6.45) is -1.49. The van der Waals surface area contributed by atoms with Crippen molar-refractivity contribution in [3.05, 3.63) is 65.4 Å². The van der Waals surface area contributed by atoms with Gasteiger partial charge in [-0.2, -0.15) is 18.3 Å². The number of hydrogen-bond donors (Lipinski definition) is 3. The predicted molar refractivity (Wildman–Crippen MR) is 135 cm³/mol. The highest BCUT2D eigenvalue weighted by molar-refractivity contribution is 5.91. The monoisotopic (exact) mass is 508 g/mol. The number of aromatic nitrogens is 4. The smallest absolute Gasteiger partial charge is 0.354 e. The number of hydrogen-bond acceptors (Lipinski definition) is 5. The topological polar surface area (TPSA) is 95.6 Å². The number of aromatic amines is 1. The molecule has 2 aromatic heterocycles. The Labute approximate surface area is 211 Å². The van der Waals surface area contributed by atoms with E-state index in [1.165, 1.54) is 19.1 Å². The maximum Gasteiger partial charge on any atom is 0.417 e. The molecule has 0 bridgehead atoms. The van der Waals surface area contributed by atoms with Crippen LogP contribution < -0.4 is 10.6 Å². The molecular weight excluding hydrogens is 481 g/mol. The lowest BCUT2D eigenvalue weighted by Gasteiger charge is -2.30. The SMILES string of the molecule is CC(=O)NC1CCC(c2nc(-c3ccccc3C(F)(F)F)nc(Nc3n[nH]c4ccccc34)c2C)CC1. The molecule has 1 saturated carbocycles. The van der Waals surface area contributed by atoms with E-state index in [1.54, 1.807) is 6.07 Å². The minimum absolute atomic E-state index is 0.0138. The molecule has 0 saturated heterocycles. The van der Waals surface area contributed by atoms with E-state index in [9.17, 15) is 18.0 Å². The number of carbonyl (C=O) groups excluding carboxylic acids is 1. The van der Waals surface area contributed by atoms with E-state index in [2.05, 4.69) is 25.8 Å². The Kier molecular flexibility index (Phi) is 6.57. The Morgan fingerprint density at radius 2 is 1.68 bits per heavy atom. The van der Waals surface area contributed by atoms with Crippen LogP contribution in [0, 0.1) is 6.92 Å². The van der Waals surface area contributed by atoms with Crippen molar-refractivity contribution in [1.29, 1.82) is 0 Å². The normalized spacial score (nSPS) is 18.1. The van der Waals surface area contributed by atoms with Crippen molar-refractivity contribution in [2.24, 2.45) is 0 Å². The summed E-state index contributed by atoms with van der Waals surface area (Å²) in [7, 11) is 0. The molecule has 0 radical (unpaired) electrons. The van der Waals surface area contributed by atoms with Gasteiger partial charge in [0.15, 0.2) is 11.6 Å². The molecule has 2 heterocycles. The van der Waals surface area contributed by atoms with Crippen LogP contribution in [0.15, 0.2) is 48.5 Å². The van der Waals surface area contributed by atoms with Crippen LogP contribution in [0.2, 0.25) is 0 Å². The van der Waals surface area contributed by atoms with Crippen LogP contribution in [0.3, 0.4) is 0 Å².